The minimum absolute atomic E-state index is 0.0246. The first-order valence-electron chi connectivity index (χ1n) is 7.34. The topological polar surface area (TPSA) is 53.2 Å². The van der Waals surface area contributed by atoms with E-state index in [4.69, 9.17) is 0 Å². The molecule has 0 radical (unpaired) electrons. The number of aromatic amines is 1. The van der Waals surface area contributed by atoms with Crippen LogP contribution in [0.4, 0.5) is 13.2 Å². The number of benzene rings is 1. The van der Waals surface area contributed by atoms with Crippen molar-refractivity contribution in [3.63, 3.8) is 0 Å². The fraction of sp³-hybridized carbons (Fsp3) is 0.375. The number of carbonyl (C=O) groups excluding carboxylic acids is 1. The van der Waals surface area contributed by atoms with E-state index in [9.17, 15) is 22.8 Å². The second kappa shape index (κ2) is 5.72. The molecule has 2 heterocycles. The van der Waals surface area contributed by atoms with Crippen LogP contribution in [-0.4, -0.2) is 35.1 Å². The molecule has 1 aliphatic heterocycles. The summed E-state index contributed by atoms with van der Waals surface area (Å²) >= 11 is 0. The highest BCUT2D eigenvalue weighted by Crippen LogP contribution is 2.33. The van der Waals surface area contributed by atoms with Gasteiger partial charge in [0.25, 0.3) is 11.5 Å². The van der Waals surface area contributed by atoms with Crippen LogP contribution < -0.4 is 5.56 Å². The largest absolute Gasteiger partial charge is 0.393 e. The molecule has 0 bridgehead atoms. The van der Waals surface area contributed by atoms with Crippen molar-refractivity contribution in [3.05, 3.63) is 46.4 Å². The fourth-order valence-electron chi connectivity index (χ4n) is 2.93. The highest BCUT2D eigenvalue weighted by atomic mass is 19.4. The molecule has 0 aliphatic carbocycles. The molecule has 23 heavy (non-hydrogen) atoms. The van der Waals surface area contributed by atoms with E-state index in [1.165, 1.54) is 11.0 Å². The maximum atomic E-state index is 12.9. The second-order valence-corrected chi connectivity index (χ2v) is 5.73. The Bertz CT molecular complexity index is 798. The lowest BCUT2D eigenvalue weighted by Crippen LogP contribution is -2.45. The van der Waals surface area contributed by atoms with E-state index in [1.54, 1.807) is 24.3 Å². The Balaban J connectivity index is 1.90. The van der Waals surface area contributed by atoms with Gasteiger partial charge in [0.1, 0.15) is 5.69 Å². The summed E-state index contributed by atoms with van der Waals surface area (Å²) in [5.41, 5.74) is -0.396. The maximum Gasteiger partial charge on any atom is 0.393 e. The van der Waals surface area contributed by atoms with Gasteiger partial charge in [0, 0.05) is 18.5 Å². The van der Waals surface area contributed by atoms with Crippen LogP contribution in [0.1, 0.15) is 23.3 Å². The monoisotopic (exact) mass is 324 g/mol. The van der Waals surface area contributed by atoms with Crippen molar-refractivity contribution < 1.29 is 18.0 Å². The van der Waals surface area contributed by atoms with Crippen molar-refractivity contribution in [2.75, 3.05) is 13.1 Å². The van der Waals surface area contributed by atoms with Gasteiger partial charge < -0.3 is 9.88 Å². The Kier molecular flexibility index (Phi) is 3.87. The van der Waals surface area contributed by atoms with Gasteiger partial charge in [-0.3, -0.25) is 9.59 Å². The number of amides is 1. The summed E-state index contributed by atoms with van der Waals surface area (Å²) in [4.78, 5) is 28.1. The van der Waals surface area contributed by atoms with Crippen molar-refractivity contribution in [1.82, 2.24) is 9.88 Å². The van der Waals surface area contributed by atoms with Gasteiger partial charge in [0.2, 0.25) is 0 Å². The molecular formula is C16H15F3N2O2. The predicted molar refractivity (Wildman–Crippen MR) is 79.3 cm³/mol. The third-order valence-corrected chi connectivity index (χ3v) is 4.16. The number of fused-ring (bicyclic) bond motifs is 1. The Morgan fingerprint density at radius 3 is 2.74 bits per heavy atom. The number of rotatable bonds is 1. The minimum atomic E-state index is -4.31. The number of halogens is 3. The lowest BCUT2D eigenvalue weighted by Gasteiger charge is -2.33. The van der Waals surface area contributed by atoms with E-state index in [2.05, 4.69) is 4.98 Å². The summed E-state index contributed by atoms with van der Waals surface area (Å²) in [5.74, 6) is -2.07. The van der Waals surface area contributed by atoms with E-state index in [0.717, 1.165) is 0 Å². The van der Waals surface area contributed by atoms with Crippen molar-refractivity contribution in [1.29, 1.82) is 0 Å². The second-order valence-electron chi connectivity index (χ2n) is 5.73. The molecule has 0 saturated carbocycles. The number of aromatic nitrogens is 1. The number of hydrogen-bond acceptors (Lipinski definition) is 2. The van der Waals surface area contributed by atoms with Crippen molar-refractivity contribution in [3.8, 4) is 0 Å². The molecule has 1 atom stereocenters. The zero-order chi connectivity index (χ0) is 16.6. The Labute approximate surface area is 129 Å². The average Bonchev–Trinajstić information content (AvgIpc) is 2.53. The molecule has 0 unspecified atom stereocenters. The van der Waals surface area contributed by atoms with Crippen molar-refractivity contribution in [2.45, 2.75) is 19.0 Å². The van der Waals surface area contributed by atoms with Gasteiger partial charge in [0.15, 0.2) is 0 Å². The molecule has 1 fully saturated rings. The summed E-state index contributed by atoms with van der Waals surface area (Å²) in [5, 5.41) is 1.03. The average molecular weight is 324 g/mol. The molecule has 3 rings (SSSR count). The number of nitrogens with zero attached hydrogens (tertiary/aromatic N) is 1. The third kappa shape index (κ3) is 3.09. The lowest BCUT2D eigenvalue weighted by molar-refractivity contribution is -0.184. The van der Waals surface area contributed by atoms with Crippen molar-refractivity contribution >= 4 is 16.7 Å². The first kappa shape index (κ1) is 15.6. The maximum absolute atomic E-state index is 12.9. The van der Waals surface area contributed by atoms with Crippen molar-refractivity contribution in [2.24, 2.45) is 5.92 Å². The number of alkyl halides is 3. The molecule has 1 saturated heterocycles. The SMILES string of the molecule is O=C(c1cc2ccccc2c(=O)[nH]1)N1CCC[C@H](C(F)(F)F)C1. The molecule has 4 nitrogen and oxygen atoms in total. The molecular weight excluding hydrogens is 309 g/mol. The number of piperidine rings is 1. The number of carbonyl (C=O) groups is 1. The van der Waals surface area contributed by atoms with Gasteiger partial charge in [-0.2, -0.15) is 13.2 Å². The summed E-state index contributed by atoms with van der Waals surface area (Å²) in [6.45, 7) is -0.0997. The predicted octanol–water partition coefficient (Wildman–Crippen LogP) is 2.94. The van der Waals surface area contributed by atoms with Gasteiger partial charge in [-0.05, 0) is 30.4 Å². The summed E-state index contributed by atoms with van der Waals surface area (Å²) < 4.78 is 38.6. The smallest absolute Gasteiger partial charge is 0.337 e. The van der Waals surface area contributed by atoms with Crippen LogP contribution in [-0.2, 0) is 0 Å². The fourth-order valence-corrected chi connectivity index (χ4v) is 2.93. The Morgan fingerprint density at radius 1 is 1.26 bits per heavy atom. The number of hydrogen-bond donors (Lipinski definition) is 1. The van der Waals surface area contributed by atoms with E-state index in [-0.39, 0.29) is 25.2 Å². The quantitative estimate of drug-likeness (QED) is 0.877. The first-order chi connectivity index (χ1) is 10.9. The van der Waals surface area contributed by atoms with Crippen LogP contribution in [0.2, 0.25) is 0 Å². The van der Waals surface area contributed by atoms with Crippen LogP contribution >= 0.6 is 0 Å². The van der Waals surface area contributed by atoms with Gasteiger partial charge in [0.05, 0.1) is 5.92 Å². The number of nitrogens with one attached hydrogen (secondary N) is 1. The van der Waals surface area contributed by atoms with Gasteiger partial charge in [-0.1, -0.05) is 18.2 Å². The standard InChI is InChI=1S/C16H15F3N2O2/c17-16(18,19)11-5-3-7-21(9-11)15(23)13-8-10-4-1-2-6-12(10)14(22)20-13/h1-2,4,6,8,11H,3,5,7,9H2,(H,20,22)/t11-/m0/s1. The zero-order valence-electron chi connectivity index (χ0n) is 12.2. The van der Waals surface area contributed by atoms with E-state index >= 15 is 0 Å². The molecule has 122 valence electrons. The first-order valence-corrected chi connectivity index (χ1v) is 7.34. The highest BCUT2D eigenvalue weighted by Gasteiger charge is 2.42. The molecule has 1 amide bonds. The van der Waals surface area contributed by atoms with E-state index in [1.807, 2.05) is 0 Å². The molecule has 1 N–H and O–H groups in total. The van der Waals surface area contributed by atoms with Crippen LogP contribution in [0.3, 0.4) is 0 Å². The summed E-state index contributed by atoms with van der Waals surface area (Å²) in [6, 6.07) is 8.27. The Hall–Kier alpha value is -2.31. The molecule has 1 aromatic heterocycles. The van der Waals surface area contributed by atoms with Gasteiger partial charge in [-0.15, -0.1) is 0 Å². The van der Waals surface area contributed by atoms with Crippen LogP contribution in [0.25, 0.3) is 10.8 Å². The van der Waals surface area contributed by atoms with Crippen LogP contribution in [0.15, 0.2) is 35.1 Å². The van der Waals surface area contributed by atoms with Crippen LogP contribution in [0, 0.1) is 5.92 Å². The zero-order valence-corrected chi connectivity index (χ0v) is 12.2. The molecule has 7 heteroatoms. The Morgan fingerprint density at radius 2 is 2.00 bits per heavy atom. The highest BCUT2D eigenvalue weighted by molar-refractivity contribution is 5.96. The lowest BCUT2D eigenvalue weighted by atomic mass is 9.97. The van der Waals surface area contributed by atoms with E-state index in [0.29, 0.717) is 17.2 Å². The van der Waals surface area contributed by atoms with Gasteiger partial charge >= 0.3 is 6.18 Å². The summed E-state index contributed by atoms with van der Waals surface area (Å²) in [7, 11) is 0. The molecule has 2 aromatic rings. The minimum Gasteiger partial charge on any atom is -0.337 e. The third-order valence-electron chi connectivity index (χ3n) is 4.16. The van der Waals surface area contributed by atoms with E-state index < -0.39 is 23.6 Å². The molecule has 1 aromatic carbocycles. The number of H-pyrrole nitrogens is 1. The molecule has 0 spiro atoms. The number of pyridine rings is 1. The summed E-state index contributed by atoms with van der Waals surface area (Å²) in [6.07, 6.45) is -3.98. The van der Waals surface area contributed by atoms with Gasteiger partial charge in [-0.25, -0.2) is 0 Å². The normalized spacial score (nSPS) is 19.1. The number of likely N-dealkylation sites (tertiary alicyclic amines) is 1. The molecule has 1 aliphatic rings. The van der Waals surface area contributed by atoms with Crippen LogP contribution in [0.5, 0.6) is 0 Å².